The summed E-state index contributed by atoms with van der Waals surface area (Å²) >= 11 is 0. The van der Waals surface area contributed by atoms with Crippen molar-refractivity contribution in [1.29, 1.82) is 0 Å². The van der Waals surface area contributed by atoms with E-state index in [1.165, 1.54) is 0 Å². The van der Waals surface area contributed by atoms with Crippen molar-refractivity contribution in [3.8, 4) is 11.8 Å². The minimum absolute atomic E-state index is 0.219. The molecule has 0 saturated carbocycles. The molecule has 0 unspecified atom stereocenters. The van der Waals surface area contributed by atoms with Crippen LogP contribution in [0.2, 0.25) is 0 Å². The number of aryl methyl sites for hydroxylation is 1. The van der Waals surface area contributed by atoms with Crippen LogP contribution in [0.4, 0.5) is 0 Å². The summed E-state index contributed by atoms with van der Waals surface area (Å²) in [5.74, 6) is 6.43. The molecule has 0 atom stereocenters. The van der Waals surface area contributed by atoms with E-state index in [0.717, 1.165) is 46.5 Å². The van der Waals surface area contributed by atoms with E-state index in [9.17, 15) is 4.79 Å². The molecule has 1 aliphatic carbocycles. The van der Waals surface area contributed by atoms with E-state index < -0.39 is 0 Å². The van der Waals surface area contributed by atoms with Crippen LogP contribution in [0.5, 0.6) is 0 Å². The first-order chi connectivity index (χ1) is 10.2. The van der Waals surface area contributed by atoms with Gasteiger partial charge in [-0.25, -0.2) is 4.98 Å². The molecule has 0 N–H and O–H groups in total. The fraction of sp³-hybridized carbons (Fsp3) is 0.278. The quantitative estimate of drug-likeness (QED) is 0.695. The number of Topliss-reactive ketones (excluding diaryl/α,β-unsaturated/α-hetero) is 1. The molecule has 2 aromatic heterocycles. The van der Waals surface area contributed by atoms with Crippen LogP contribution in [0.1, 0.15) is 51.3 Å². The van der Waals surface area contributed by atoms with Gasteiger partial charge in [0.05, 0.1) is 5.69 Å². The lowest BCUT2D eigenvalue weighted by molar-refractivity contribution is 0.0970. The van der Waals surface area contributed by atoms with Gasteiger partial charge in [0.25, 0.3) is 0 Å². The first-order valence-corrected chi connectivity index (χ1v) is 7.12. The number of rotatable bonds is 0. The molecule has 0 amide bonds. The molecule has 21 heavy (non-hydrogen) atoms. The van der Waals surface area contributed by atoms with Crippen LogP contribution in [0.25, 0.3) is 0 Å². The average molecular weight is 276 g/mol. The largest absolute Gasteiger partial charge is 0.294 e. The van der Waals surface area contributed by atoms with Crippen LogP contribution in [0.15, 0.2) is 24.5 Å². The fourth-order valence-corrected chi connectivity index (χ4v) is 2.64. The van der Waals surface area contributed by atoms with Crippen molar-refractivity contribution >= 4 is 5.78 Å². The number of ketones is 1. The molecule has 3 rings (SSSR count). The first kappa shape index (κ1) is 13.5. The van der Waals surface area contributed by atoms with Crippen LogP contribution in [0.3, 0.4) is 0 Å². The van der Waals surface area contributed by atoms with Gasteiger partial charge in [0.2, 0.25) is 0 Å². The molecule has 3 nitrogen and oxygen atoms in total. The van der Waals surface area contributed by atoms with E-state index in [4.69, 9.17) is 0 Å². The highest BCUT2D eigenvalue weighted by molar-refractivity contribution is 5.99. The third kappa shape index (κ3) is 2.57. The molecule has 0 spiro atoms. The number of pyridine rings is 2. The highest BCUT2D eigenvalue weighted by Crippen LogP contribution is 2.26. The fourth-order valence-electron chi connectivity index (χ4n) is 2.64. The molecule has 0 radical (unpaired) electrons. The Kier molecular flexibility index (Phi) is 3.53. The molecule has 0 aromatic carbocycles. The lowest BCUT2D eigenvalue weighted by Gasteiger charge is -2.18. The number of aromatic nitrogens is 2. The summed E-state index contributed by atoms with van der Waals surface area (Å²) < 4.78 is 0. The molecular weight excluding hydrogens is 260 g/mol. The first-order valence-electron chi connectivity index (χ1n) is 7.12. The Bertz CT molecular complexity index is 767. The van der Waals surface area contributed by atoms with Crippen molar-refractivity contribution in [2.75, 3.05) is 0 Å². The lowest BCUT2D eigenvalue weighted by atomic mass is 9.89. The van der Waals surface area contributed by atoms with Gasteiger partial charge in [-0.3, -0.25) is 9.78 Å². The number of carbonyl (C=O) groups is 1. The Morgan fingerprint density at radius 1 is 1.14 bits per heavy atom. The molecule has 3 heteroatoms. The Labute approximate surface area is 124 Å². The SMILES string of the molecule is Cc1c(C#Cc2cccnc2)nc2c(c1C)C(=O)CCC2. The minimum Gasteiger partial charge on any atom is -0.294 e. The molecule has 0 saturated heterocycles. The topological polar surface area (TPSA) is 42.9 Å². The van der Waals surface area contributed by atoms with Gasteiger partial charge >= 0.3 is 0 Å². The van der Waals surface area contributed by atoms with Gasteiger partial charge in [-0.1, -0.05) is 5.92 Å². The highest BCUT2D eigenvalue weighted by atomic mass is 16.1. The van der Waals surface area contributed by atoms with Gasteiger partial charge in [0, 0.05) is 29.9 Å². The van der Waals surface area contributed by atoms with Gasteiger partial charge in [0.15, 0.2) is 5.78 Å². The maximum absolute atomic E-state index is 12.1. The zero-order valence-corrected chi connectivity index (χ0v) is 12.2. The molecule has 0 bridgehead atoms. The van der Waals surface area contributed by atoms with Gasteiger partial charge in [-0.2, -0.15) is 0 Å². The average Bonchev–Trinajstić information content (AvgIpc) is 2.50. The van der Waals surface area contributed by atoms with Crippen molar-refractivity contribution in [2.45, 2.75) is 33.1 Å². The molecule has 2 aromatic rings. The second-order valence-electron chi connectivity index (χ2n) is 5.30. The zero-order valence-electron chi connectivity index (χ0n) is 12.2. The number of carbonyl (C=O) groups excluding carboxylic acids is 1. The van der Waals surface area contributed by atoms with Crippen molar-refractivity contribution in [2.24, 2.45) is 0 Å². The lowest BCUT2D eigenvalue weighted by Crippen LogP contribution is -2.16. The normalized spacial score (nSPS) is 13.3. The van der Waals surface area contributed by atoms with Crippen LogP contribution < -0.4 is 0 Å². The second kappa shape index (κ2) is 5.49. The highest BCUT2D eigenvalue weighted by Gasteiger charge is 2.22. The van der Waals surface area contributed by atoms with E-state index in [1.54, 1.807) is 12.4 Å². The summed E-state index contributed by atoms with van der Waals surface area (Å²) in [4.78, 5) is 20.7. The van der Waals surface area contributed by atoms with Crippen LogP contribution in [0, 0.1) is 25.7 Å². The van der Waals surface area contributed by atoms with E-state index in [-0.39, 0.29) is 5.78 Å². The Morgan fingerprint density at radius 2 is 2.00 bits per heavy atom. The summed E-state index contributed by atoms with van der Waals surface area (Å²) in [7, 11) is 0. The van der Waals surface area contributed by atoms with Crippen LogP contribution >= 0.6 is 0 Å². The summed E-state index contributed by atoms with van der Waals surface area (Å²) in [6.45, 7) is 3.98. The van der Waals surface area contributed by atoms with E-state index >= 15 is 0 Å². The molecular formula is C18H16N2O. The predicted octanol–water partition coefficient (Wildman–Crippen LogP) is 3.01. The molecule has 104 valence electrons. The van der Waals surface area contributed by atoms with Crippen molar-refractivity contribution < 1.29 is 4.79 Å². The summed E-state index contributed by atoms with van der Waals surface area (Å²) in [6.07, 6.45) is 5.84. The predicted molar refractivity (Wildman–Crippen MR) is 81.2 cm³/mol. The third-order valence-electron chi connectivity index (χ3n) is 3.91. The van der Waals surface area contributed by atoms with Crippen molar-refractivity contribution in [1.82, 2.24) is 9.97 Å². The van der Waals surface area contributed by atoms with Crippen molar-refractivity contribution in [3.05, 3.63) is 58.2 Å². The monoisotopic (exact) mass is 276 g/mol. The van der Waals surface area contributed by atoms with Crippen LogP contribution in [-0.2, 0) is 6.42 Å². The minimum atomic E-state index is 0.219. The third-order valence-corrected chi connectivity index (χ3v) is 3.91. The second-order valence-corrected chi connectivity index (χ2v) is 5.30. The molecule has 0 fully saturated rings. The smallest absolute Gasteiger partial charge is 0.164 e. The van der Waals surface area contributed by atoms with Gasteiger partial charge < -0.3 is 0 Å². The molecule has 2 heterocycles. The molecule has 1 aliphatic rings. The van der Waals surface area contributed by atoms with Crippen LogP contribution in [-0.4, -0.2) is 15.8 Å². The van der Waals surface area contributed by atoms with E-state index in [1.807, 2.05) is 26.0 Å². The number of hydrogen-bond acceptors (Lipinski definition) is 3. The molecule has 0 aliphatic heterocycles. The maximum atomic E-state index is 12.1. The standard InChI is InChI=1S/C18H16N2O/c1-12-13(2)18-16(6-3-7-17(18)21)20-15(12)9-8-14-5-4-10-19-11-14/h4-5,10-11H,3,6-7H2,1-2H3. The van der Waals surface area contributed by atoms with Gasteiger partial charge in [-0.15, -0.1) is 0 Å². The van der Waals surface area contributed by atoms with E-state index in [0.29, 0.717) is 6.42 Å². The summed E-state index contributed by atoms with van der Waals surface area (Å²) in [6, 6.07) is 3.78. The van der Waals surface area contributed by atoms with E-state index in [2.05, 4.69) is 21.8 Å². The Balaban J connectivity index is 2.07. The zero-order chi connectivity index (χ0) is 14.8. The summed E-state index contributed by atoms with van der Waals surface area (Å²) in [5, 5.41) is 0. The van der Waals surface area contributed by atoms with Gasteiger partial charge in [0.1, 0.15) is 5.69 Å². The number of nitrogens with zero attached hydrogens (tertiary/aromatic N) is 2. The Morgan fingerprint density at radius 3 is 2.76 bits per heavy atom. The Hall–Kier alpha value is -2.47. The van der Waals surface area contributed by atoms with Crippen molar-refractivity contribution in [3.63, 3.8) is 0 Å². The number of hydrogen-bond donors (Lipinski definition) is 0. The van der Waals surface area contributed by atoms with Gasteiger partial charge in [-0.05, 0) is 55.9 Å². The maximum Gasteiger partial charge on any atom is 0.164 e. The number of fused-ring (bicyclic) bond motifs is 1. The summed E-state index contributed by atoms with van der Waals surface area (Å²) in [5.41, 5.74) is 5.39.